The lowest BCUT2D eigenvalue weighted by atomic mass is 9.80. The van der Waals surface area contributed by atoms with Gasteiger partial charge >= 0.3 is 0 Å². The van der Waals surface area contributed by atoms with Crippen molar-refractivity contribution in [1.82, 2.24) is 9.80 Å². The molecule has 0 aliphatic carbocycles. The van der Waals surface area contributed by atoms with Crippen molar-refractivity contribution in [2.45, 2.75) is 44.2 Å². The van der Waals surface area contributed by atoms with Crippen molar-refractivity contribution >= 4 is 0 Å². The summed E-state index contributed by atoms with van der Waals surface area (Å²) in [5.74, 6) is 0. The van der Waals surface area contributed by atoms with Crippen molar-refractivity contribution in [1.29, 1.82) is 0 Å². The molecule has 0 spiro atoms. The number of hydrogen-bond acceptors (Lipinski definition) is 3. The first-order valence-electron chi connectivity index (χ1n) is 11.0. The SMILES string of the molecule is c1ccc(CN2CCN(C3(c4ccccc4)CCCCCOCC3)CC2)cc1. The van der Waals surface area contributed by atoms with Gasteiger partial charge in [-0.15, -0.1) is 0 Å². The molecule has 2 fully saturated rings. The zero-order chi connectivity index (χ0) is 19.1. The van der Waals surface area contributed by atoms with Gasteiger partial charge in [-0.3, -0.25) is 9.80 Å². The van der Waals surface area contributed by atoms with Crippen LogP contribution < -0.4 is 0 Å². The maximum absolute atomic E-state index is 5.99. The third kappa shape index (κ3) is 4.65. The Balaban J connectivity index is 1.49. The number of benzene rings is 2. The van der Waals surface area contributed by atoms with E-state index in [0.717, 1.165) is 52.4 Å². The van der Waals surface area contributed by atoms with Crippen LogP contribution in [0.3, 0.4) is 0 Å². The topological polar surface area (TPSA) is 15.7 Å². The third-order valence-electron chi connectivity index (χ3n) is 6.58. The lowest BCUT2D eigenvalue weighted by molar-refractivity contribution is -0.00227. The fourth-order valence-electron chi connectivity index (χ4n) is 4.98. The van der Waals surface area contributed by atoms with Gasteiger partial charge in [0.05, 0.1) is 0 Å². The highest BCUT2D eigenvalue weighted by atomic mass is 16.5. The Kier molecular flexibility index (Phi) is 6.79. The summed E-state index contributed by atoms with van der Waals surface area (Å²) in [5.41, 5.74) is 3.03. The second-order valence-electron chi connectivity index (χ2n) is 8.32. The molecule has 2 heterocycles. The van der Waals surface area contributed by atoms with Crippen LogP contribution in [0.25, 0.3) is 0 Å². The van der Waals surface area contributed by atoms with Crippen LogP contribution in [-0.2, 0) is 16.8 Å². The standard InChI is InChI=1S/C25H34N2O/c1-4-10-23(11-5-1)22-26-16-18-27(19-17-26)25(24-12-6-2-7-13-24)14-8-3-9-20-28-21-15-25/h1-2,4-7,10-13H,3,8-9,14-22H2. The first-order chi connectivity index (χ1) is 13.9. The maximum atomic E-state index is 5.99. The Morgan fingerprint density at radius 1 is 0.714 bits per heavy atom. The lowest BCUT2D eigenvalue weighted by Crippen LogP contribution is -2.55. The Morgan fingerprint density at radius 2 is 1.43 bits per heavy atom. The minimum atomic E-state index is 0.129. The minimum absolute atomic E-state index is 0.129. The smallest absolute Gasteiger partial charge is 0.0487 e. The quantitative estimate of drug-likeness (QED) is 0.768. The van der Waals surface area contributed by atoms with E-state index in [1.807, 2.05) is 0 Å². The molecule has 0 aromatic heterocycles. The fraction of sp³-hybridized carbons (Fsp3) is 0.520. The van der Waals surface area contributed by atoms with Crippen molar-refractivity contribution in [2.24, 2.45) is 0 Å². The molecule has 150 valence electrons. The van der Waals surface area contributed by atoms with Gasteiger partial charge in [-0.05, 0) is 30.4 Å². The Hall–Kier alpha value is -1.68. The Morgan fingerprint density at radius 3 is 2.18 bits per heavy atom. The van der Waals surface area contributed by atoms with Gasteiger partial charge in [0.2, 0.25) is 0 Å². The summed E-state index contributed by atoms with van der Waals surface area (Å²) in [4.78, 5) is 5.38. The van der Waals surface area contributed by atoms with Gasteiger partial charge in [0.1, 0.15) is 0 Å². The van der Waals surface area contributed by atoms with Crippen molar-refractivity contribution in [3.8, 4) is 0 Å². The molecular weight excluding hydrogens is 344 g/mol. The van der Waals surface area contributed by atoms with Crippen LogP contribution in [0.15, 0.2) is 60.7 Å². The zero-order valence-corrected chi connectivity index (χ0v) is 17.1. The number of piperazine rings is 1. The number of hydrogen-bond donors (Lipinski definition) is 0. The van der Waals surface area contributed by atoms with Crippen LogP contribution in [0.2, 0.25) is 0 Å². The van der Waals surface area contributed by atoms with E-state index in [2.05, 4.69) is 70.5 Å². The van der Waals surface area contributed by atoms with E-state index in [1.54, 1.807) is 0 Å². The number of ether oxygens (including phenoxy) is 1. The number of nitrogens with zero attached hydrogens (tertiary/aromatic N) is 2. The van der Waals surface area contributed by atoms with E-state index >= 15 is 0 Å². The minimum Gasteiger partial charge on any atom is -0.381 e. The summed E-state index contributed by atoms with van der Waals surface area (Å²) in [6.07, 6.45) is 6.13. The molecule has 2 aromatic rings. The first kappa shape index (κ1) is 19.6. The molecule has 2 saturated heterocycles. The molecule has 2 aromatic carbocycles. The molecule has 1 unspecified atom stereocenters. The van der Waals surface area contributed by atoms with Crippen molar-refractivity contribution in [3.05, 3.63) is 71.8 Å². The van der Waals surface area contributed by atoms with E-state index in [4.69, 9.17) is 4.74 Å². The van der Waals surface area contributed by atoms with Gasteiger partial charge in [0.25, 0.3) is 0 Å². The van der Waals surface area contributed by atoms with E-state index in [-0.39, 0.29) is 5.54 Å². The molecule has 2 aliphatic heterocycles. The van der Waals surface area contributed by atoms with Crippen LogP contribution in [0.4, 0.5) is 0 Å². The average molecular weight is 379 g/mol. The monoisotopic (exact) mass is 378 g/mol. The molecule has 0 saturated carbocycles. The van der Waals surface area contributed by atoms with Gasteiger partial charge in [0, 0.05) is 51.5 Å². The third-order valence-corrected chi connectivity index (χ3v) is 6.58. The van der Waals surface area contributed by atoms with E-state index in [1.165, 1.54) is 36.8 Å². The molecule has 0 bridgehead atoms. The second-order valence-corrected chi connectivity index (χ2v) is 8.32. The highest BCUT2D eigenvalue weighted by molar-refractivity contribution is 5.25. The molecule has 4 rings (SSSR count). The van der Waals surface area contributed by atoms with E-state index in [9.17, 15) is 0 Å². The van der Waals surface area contributed by atoms with E-state index < -0.39 is 0 Å². The average Bonchev–Trinajstić information content (AvgIpc) is 2.88. The molecule has 28 heavy (non-hydrogen) atoms. The van der Waals surface area contributed by atoms with Crippen LogP contribution >= 0.6 is 0 Å². The highest BCUT2D eigenvalue weighted by Gasteiger charge is 2.39. The lowest BCUT2D eigenvalue weighted by Gasteiger charge is -2.48. The Labute approximate surface area is 170 Å². The molecule has 3 nitrogen and oxygen atoms in total. The predicted octanol–water partition coefficient (Wildman–Crippen LogP) is 4.68. The highest BCUT2D eigenvalue weighted by Crippen LogP contribution is 2.39. The van der Waals surface area contributed by atoms with Crippen LogP contribution in [0, 0.1) is 0 Å². The molecule has 0 amide bonds. The number of rotatable bonds is 4. The molecule has 0 N–H and O–H groups in total. The summed E-state index contributed by atoms with van der Waals surface area (Å²) in [7, 11) is 0. The molecule has 1 atom stereocenters. The van der Waals surface area contributed by atoms with Gasteiger partial charge < -0.3 is 4.74 Å². The summed E-state index contributed by atoms with van der Waals surface area (Å²) in [5, 5.41) is 0. The summed E-state index contributed by atoms with van der Waals surface area (Å²) < 4.78 is 5.99. The molecule has 3 heteroatoms. The molecule has 2 aliphatic rings. The van der Waals surface area contributed by atoms with Crippen molar-refractivity contribution in [2.75, 3.05) is 39.4 Å². The van der Waals surface area contributed by atoms with Crippen LogP contribution in [-0.4, -0.2) is 49.2 Å². The zero-order valence-electron chi connectivity index (χ0n) is 17.1. The van der Waals surface area contributed by atoms with Gasteiger partial charge in [-0.1, -0.05) is 73.5 Å². The van der Waals surface area contributed by atoms with Gasteiger partial charge in [-0.2, -0.15) is 0 Å². The summed E-state index contributed by atoms with van der Waals surface area (Å²) in [6, 6.07) is 22.1. The largest absolute Gasteiger partial charge is 0.381 e. The normalized spacial score (nSPS) is 25.6. The fourth-order valence-corrected chi connectivity index (χ4v) is 4.98. The maximum Gasteiger partial charge on any atom is 0.0487 e. The van der Waals surface area contributed by atoms with Crippen LogP contribution in [0.1, 0.15) is 43.2 Å². The van der Waals surface area contributed by atoms with Gasteiger partial charge in [-0.25, -0.2) is 0 Å². The van der Waals surface area contributed by atoms with Gasteiger partial charge in [0.15, 0.2) is 0 Å². The second kappa shape index (κ2) is 9.69. The van der Waals surface area contributed by atoms with Crippen molar-refractivity contribution < 1.29 is 4.74 Å². The van der Waals surface area contributed by atoms with Crippen LogP contribution in [0.5, 0.6) is 0 Å². The summed E-state index contributed by atoms with van der Waals surface area (Å²) >= 11 is 0. The Bertz CT molecular complexity index is 685. The van der Waals surface area contributed by atoms with E-state index in [0.29, 0.717) is 0 Å². The predicted molar refractivity (Wildman–Crippen MR) is 115 cm³/mol. The summed E-state index contributed by atoms with van der Waals surface area (Å²) in [6.45, 7) is 7.43. The van der Waals surface area contributed by atoms with Crippen molar-refractivity contribution in [3.63, 3.8) is 0 Å². The first-order valence-corrected chi connectivity index (χ1v) is 11.0. The molecule has 0 radical (unpaired) electrons. The molecular formula is C25H34N2O.